The Balaban J connectivity index is 1.26. The van der Waals surface area contributed by atoms with Crippen molar-refractivity contribution >= 4 is 22.8 Å². The van der Waals surface area contributed by atoms with Crippen molar-refractivity contribution in [1.29, 1.82) is 0 Å². The average molecular weight is 841 g/mol. The molecule has 9 rings (SSSR count). The molecule has 2 aliphatic carbocycles. The van der Waals surface area contributed by atoms with Crippen molar-refractivity contribution in [2.45, 2.75) is 70.3 Å². The van der Waals surface area contributed by atoms with Crippen LogP contribution >= 0.6 is 0 Å². The van der Waals surface area contributed by atoms with E-state index in [-0.39, 0.29) is 18.6 Å². The lowest BCUT2D eigenvalue weighted by Gasteiger charge is -2.47. The first-order chi connectivity index (χ1) is 30.6. The van der Waals surface area contributed by atoms with Crippen molar-refractivity contribution < 1.29 is 33.2 Å². The number of carbonyl (C=O) groups excluding carboxylic acids is 1. The van der Waals surface area contributed by atoms with Gasteiger partial charge < -0.3 is 28.4 Å². The molecule has 1 saturated carbocycles. The molecule has 1 atom stereocenters. The standard InChI is InChI=1S/C56H56O7/c1-8-54(9-2)28-30-55(31-29-54)48-13-11-10-12-43(48)50-46-34-45(37-14-20-40(58-5)21-15-37)49(60-7)35-47(46)52-44(51(50)55)26-27-56(63-52,38-16-22-41(59-6)23-17-38)39-18-24-42(25-19-39)61-32-33-62-53(57)36(3)4/h10-27,34-35H,3,8-9,28-33H2,1-2,4-7H3. The second-order valence-corrected chi connectivity index (χ2v) is 17.3. The Hall–Kier alpha value is -6.47. The first-order valence-corrected chi connectivity index (χ1v) is 22.2. The van der Waals surface area contributed by atoms with Gasteiger partial charge in [0.15, 0.2) is 5.60 Å². The third kappa shape index (κ3) is 7.02. The Bertz CT molecular complexity index is 2710. The predicted molar refractivity (Wildman–Crippen MR) is 251 cm³/mol. The number of hydrogen-bond acceptors (Lipinski definition) is 7. The molecular weight excluding hydrogens is 785 g/mol. The molecule has 3 aliphatic rings. The number of rotatable bonds is 13. The van der Waals surface area contributed by atoms with E-state index in [1.165, 1.54) is 47.9 Å². The largest absolute Gasteiger partial charge is 0.497 e. The highest BCUT2D eigenvalue weighted by atomic mass is 16.6. The molecule has 6 aromatic rings. The highest BCUT2D eigenvalue weighted by Gasteiger charge is 2.51. The fourth-order valence-corrected chi connectivity index (χ4v) is 10.6. The van der Waals surface area contributed by atoms with Gasteiger partial charge in [0.1, 0.15) is 42.0 Å². The average Bonchev–Trinajstić information content (AvgIpc) is 3.62. The van der Waals surface area contributed by atoms with Crippen LogP contribution in [-0.4, -0.2) is 40.5 Å². The number of carbonyl (C=O) groups is 1. The molecule has 6 aromatic carbocycles. The summed E-state index contributed by atoms with van der Waals surface area (Å²) in [6.45, 7) is 10.4. The van der Waals surface area contributed by atoms with Crippen LogP contribution in [0.2, 0.25) is 0 Å². The second kappa shape index (κ2) is 16.7. The van der Waals surface area contributed by atoms with Crippen LogP contribution < -0.4 is 23.7 Å². The summed E-state index contributed by atoms with van der Waals surface area (Å²) in [6, 6.07) is 38.0. The first kappa shape index (κ1) is 41.9. The highest BCUT2D eigenvalue weighted by molar-refractivity contribution is 6.10. The molecule has 1 heterocycles. The Morgan fingerprint density at radius 2 is 1.32 bits per heavy atom. The SMILES string of the molecule is C=C(C)C(=O)OCCOc1ccc(C2(c3ccc(OC)cc3)C=Cc3c4c(c5cc(-c6ccc(OC)cc6)c(OC)cc5c3O2)-c2ccccc2C42CCC(CC)(CC)CC2)cc1. The first-order valence-electron chi connectivity index (χ1n) is 22.2. The molecule has 0 bridgehead atoms. The maximum absolute atomic E-state index is 11.9. The minimum Gasteiger partial charge on any atom is -0.497 e. The molecule has 0 radical (unpaired) electrons. The number of fused-ring (bicyclic) bond motifs is 10. The summed E-state index contributed by atoms with van der Waals surface area (Å²) in [5.74, 6) is 3.37. The van der Waals surface area contributed by atoms with Crippen LogP contribution in [0.1, 0.15) is 87.1 Å². The summed E-state index contributed by atoms with van der Waals surface area (Å²) >= 11 is 0. The van der Waals surface area contributed by atoms with E-state index in [0.29, 0.717) is 16.7 Å². The van der Waals surface area contributed by atoms with Gasteiger partial charge in [0, 0.05) is 38.6 Å². The molecule has 1 spiro atoms. The van der Waals surface area contributed by atoms with Crippen molar-refractivity contribution in [3.05, 3.63) is 155 Å². The third-order valence-corrected chi connectivity index (χ3v) is 14.4. The van der Waals surface area contributed by atoms with E-state index in [0.717, 1.165) is 74.4 Å². The molecule has 1 fully saturated rings. The van der Waals surface area contributed by atoms with E-state index in [1.54, 1.807) is 28.3 Å². The van der Waals surface area contributed by atoms with Gasteiger partial charge in [0.05, 0.1) is 21.3 Å². The zero-order valence-corrected chi connectivity index (χ0v) is 37.3. The monoisotopic (exact) mass is 840 g/mol. The van der Waals surface area contributed by atoms with Crippen LogP contribution in [-0.2, 0) is 20.5 Å². The van der Waals surface area contributed by atoms with Crippen molar-refractivity contribution in [2.24, 2.45) is 5.41 Å². The molecule has 63 heavy (non-hydrogen) atoms. The second-order valence-electron chi connectivity index (χ2n) is 17.3. The number of methoxy groups -OCH3 is 3. The van der Waals surface area contributed by atoms with Gasteiger partial charge in [-0.3, -0.25) is 0 Å². The molecule has 7 nitrogen and oxygen atoms in total. The van der Waals surface area contributed by atoms with E-state index in [9.17, 15) is 4.79 Å². The molecule has 1 unspecified atom stereocenters. The van der Waals surface area contributed by atoms with Crippen molar-refractivity contribution in [2.75, 3.05) is 34.5 Å². The maximum Gasteiger partial charge on any atom is 0.333 e. The molecule has 322 valence electrons. The van der Waals surface area contributed by atoms with E-state index in [2.05, 4.69) is 105 Å². The van der Waals surface area contributed by atoms with E-state index < -0.39 is 11.6 Å². The van der Waals surface area contributed by atoms with Gasteiger partial charge in [-0.25, -0.2) is 4.79 Å². The minimum absolute atomic E-state index is 0.121. The van der Waals surface area contributed by atoms with E-state index >= 15 is 0 Å². The molecule has 0 amide bonds. The zero-order valence-electron chi connectivity index (χ0n) is 37.3. The van der Waals surface area contributed by atoms with Gasteiger partial charge in [-0.15, -0.1) is 0 Å². The van der Waals surface area contributed by atoms with Crippen molar-refractivity contribution in [3.8, 4) is 51.0 Å². The van der Waals surface area contributed by atoms with Crippen LogP contribution in [0.4, 0.5) is 0 Å². The summed E-state index contributed by atoms with van der Waals surface area (Å²) in [6.07, 6.45) is 11.4. The Kier molecular flexibility index (Phi) is 11.1. The van der Waals surface area contributed by atoms with Gasteiger partial charge in [-0.1, -0.05) is 100 Å². The number of ether oxygens (including phenoxy) is 6. The van der Waals surface area contributed by atoms with Gasteiger partial charge >= 0.3 is 5.97 Å². The van der Waals surface area contributed by atoms with Crippen LogP contribution in [0.3, 0.4) is 0 Å². The van der Waals surface area contributed by atoms with Crippen molar-refractivity contribution in [1.82, 2.24) is 0 Å². The van der Waals surface area contributed by atoms with Gasteiger partial charge in [-0.2, -0.15) is 0 Å². The van der Waals surface area contributed by atoms with Crippen molar-refractivity contribution in [3.63, 3.8) is 0 Å². The Morgan fingerprint density at radius 1 is 0.698 bits per heavy atom. The van der Waals surface area contributed by atoms with Crippen LogP contribution in [0, 0.1) is 5.41 Å². The van der Waals surface area contributed by atoms with E-state index in [4.69, 9.17) is 28.4 Å². The third-order valence-electron chi connectivity index (χ3n) is 14.4. The summed E-state index contributed by atoms with van der Waals surface area (Å²) < 4.78 is 36.5. The summed E-state index contributed by atoms with van der Waals surface area (Å²) in [4.78, 5) is 11.9. The predicted octanol–water partition coefficient (Wildman–Crippen LogP) is 13.0. The van der Waals surface area contributed by atoms with Crippen LogP contribution in [0.25, 0.3) is 39.1 Å². The molecule has 0 N–H and O–H groups in total. The summed E-state index contributed by atoms with van der Waals surface area (Å²) in [5, 5.41) is 2.13. The van der Waals surface area contributed by atoms with E-state index in [1.807, 2.05) is 36.4 Å². The zero-order chi connectivity index (χ0) is 43.9. The molecule has 0 saturated heterocycles. The maximum atomic E-state index is 11.9. The van der Waals surface area contributed by atoms with Gasteiger partial charge in [-0.05, 0) is 126 Å². The summed E-state index contributed by atoms with van der Waals surface area (Å²) in [5.41, 5.74) is 9.93. The topological polar surface area (TPSA) is 72.5 Å². The molecule has 7 heteroatoms. The number of hydrogen-bond donors (Lipinski definition) is 0. The van der Waals surface area contributed by atoms with Crippen LogP contribution in [0.15, 0.2) is 127 Å². The molecule has 1 aliphatic heterocycles. The number of esters is 1. The summed E-state index contributed by atoms with van der Waals surface area (Å²) in [7, 11) is 5.11. The van der Waals surface area contributed by atoms with Crippen LogP contribution in [0.5, 0.6) is 28.7 Å². The Morgan fingerprint density at radius 3 is 1.92 bits per heavy atom. The lowest BCUT2D eigenvalue weighted by atomic mass is 9.58. The smallest absolute Gasteiger partial charge is 0.333 e. The number of benzene rings is 6. The Labute approximate surface area is 371 Å². The quantitative estimate of drug-likeness (QED) is 0.0651. The fourth-order valence-electron chi connectivity index (χ4n) is 10.6. The highest BCUT2D eigenvalue weighted by Crippen LogP contribution is 2.65. The molecule has 0 aromatic heterocycles. The lowest BCUT2D eigenvalue weighted by Crippen LogP contribution is -2.38. The normalized spacial score (nSPS) is 17.6. The molecular formula is C56H56O7. The van der Waals surface area contributed by atoms with Gasteiger partial charge in [0.25, 0.3) is 0 Å². The lowest BCUT2D eigenvalue weighted by molar-refractivity contribution is -0.139. The minimum atomic E-state index is -1.03. The van der Waals surface area contributed by atoms with Gasteiger partial charge in [0.2, 0.25) is 0 Å². The fraction of sp³-hybridized carbons (Fsp3) is 0.304.